The number of anilines is 1. The van der Waals surface area contributed by atoms with Crippen LogP contribution in [0.25, 0.3) is 11.6 Å². The molecule has 0 spiro atoms. The zero-order valence-electron chi connectivity index (χ0n) is 15.8. The molecule has 6 heteroatoms. The SMILES string of the molecule is Cc1cccc(NC(=O)Cn2c(C)cc(C)c2-c2nc(C(C)C)no2)c1. The number of carbonyl (C=O) groups excluding carboxylic acids is 1. The van der Waals surface area contributed by atoms with Gasteiger partial charge in [-0.25, -0.2) is 0 Å². The van der Waals surface area contributed by atoms with Crippen molar-refractivity contribution in [1.82, 2.24) is 14.7 Å². The summed E-state index contributed by atoms with van der Waals surface area (Å²) < 4.78 is 7.36. The molecule has 1 aromatic carbocycles. The Morgan fingerprint density at radius 1 is 1.23 bits per heavy atom. The van der Waals surface area contributed by atoms with Gasteiger partial charge >= 0.3 is 0 Å². The molecule has 0 saturated heterocycles. The third-order valence-electron chi connectivity index (χ3n) is 4.26. The molecule has 0 aliphatic rings. The summed E-state index contributed by atoms with van der Waals surface area (Å²) in [7, 11) is 0. The number of amides is 1. The van der Waals surface area contributed by atoms with E-state index >= 15 is 0 Å². The zero-order valence-corrected chi connectivity index (χ0v) is 15.8. The lowest BCUT2D eigenvalue weighted by Gasteiger charge is -2.11. The van der Waals surface area contributed by atoms with Gasteiger partial charge in [-0.2, -0.15) is 4.98 Å². The predicted octanol–water partition coefficient (Wildman–Crippen LogP) is 4.23. The van der Waals surface area contributed by atoms with E-state index in [4.69, 9.17) is 4.52 Å². The first-order valence-electron chi connectivity index (χ1n) is 8.72. The van der Waals surface area contributed by atoms with Crippen LogP contribution in [0.2, 0.25) is 0 Å². The lowest BCUT2D eigenvalue weighted by molar-refractivity contribution is -0.116. The van der Waals surface area contributed by atoms with Crippen LogP contribution in [0.1, 0.15) is 42.4 Å². The maximum absolute atomic E-state index is 12.6. The first kappa shape index (κ1) is 17.9. The van der Waals surface area contributed by atoms with Crippen molar-refractivity contribution in [3.8, 4) is 11.6 Å². The fourth-order valence-corrected chi connectivity index (χ4v) is 2.97. The lowest BCUT2D eigenvalue weighted by atomic mass is 10.2. The monoisotopic (exact) mass is 352 g/mol. The van der Waals surface area contributed by atoms with E-state index in [0.29, 0.717) is 11.7 Å². The van der Waals surface area contributed by atoms with Gasteiger partial charge in [-0.3, -0.25) is 4.79 Å². The van der Waals surface area contributed by atoms with Crippen molar-refractivity contribution in [2.45, 2.75) is 47.1 Å². The second kappa shape index (κ2) is 7.15. The van der Waals surface area contributed by atoms with Gasteiger partial charge in [0.1, 0.15) is 12.2 Å². The molecule has 2 aromatic heterocycles. The third-order valence-corrected chi connectivity index (χ3v) is 4.26. The molecule has 0 bridgehead atoms. The van der Waals surface area contributed by atoms with Crippen LogP contribution in [0.4, 0.5) is 5.69 Å². The van der Waals surface area contributed by atoms with Gasteiger partial charge in [-0.1, -0.05) is 31.1 Å². The van der Waals surface area contributed by atoms with E-state index in [2.05, 4.69) is 15.5 Å². The minimum absolute atomic E-state index is 0.0980. The van der Waals surface area contributed by atoms with Gasteiger partial charge in [0, 0.05) is 17.3 Å². The minimum Gasteiger partial charge on any atom is -0.332 e. The number of benzene rings is 1. The Labute approximate surface area is 153 Å². The van der Waals surface area contributed by atoms with Crippen molar-refractivity contribution in [2.75, 3.05) is 5.32 Å². The first-order valence-corrected chi connectivity index (χ1v) is 8.72. The highest BCUT2D eigenvalue weighted by Gasteiger charge is 2.20. The van der Waals surface area contributed by atoms with E-state index in [1.54, 1.807) is 0 Å². The first-order chi connectivity index (χ1) is 12.3. The van der Waals surface area contributed by atoms with Gasteiger partial charge in [0.2, 0.25) is 5.91 Å². The molecule has 6 nitrogen and oxygen atoms in total. The second-order valence-corrected chi connectivity index (χ2v) is 6.93. The molecule has 0 saturated carbocycles. The molecule has 3 aromatic rings. The molecule has 0 fully saturated rings. The van der Waals surface area contributed by atoms with E-state index in [-0.39, 0.29) is 18.4 Å². The average molecular weight is 352 g/mol. The van der Waals surface area contributed by atoms with Gasteiger partial charge in [-0.05, 0) is 50.1 Å². The zero-order chi connectivity index (χ0) is 18.8. The normalized spacial score (nSPS) is 11.2. The van der Waals surface area contributed by atoms with E-state index in [1.165, 1.54) is 0 Å². The summed E-state index contributed by atoms with van der Waals surface area (Å²) in [6.45, 7) is 10.2. The molecule has 0 atom stereocenters. The van der Waals surface area contributed by atoms with Gasteiger partial charge in [0.15, 0.2) is 5.82 Å². The number of aryl methyl sites for hydroxylation is 3. The molecule has 0 aliphatic carbocycles. The summed E-state index contributed by atoms with van der Waals surface area (Å²) >= 11 is 0. The number of hydrogen-bond acceptors (Lipinski definition) is 4. The molecule has 2 heterocycles. The third kappa shape index (κ3) is 3.69. The summed E-state index contributed by atoms with van der Waals surface area (Å²) in [5.74, 6) is 1.19. The van der Waals surface area contributed by atoms with Crippen molar-refractivity contribution >= 4 is 11.6 Å². The largest absolute Gasteiger partial charge is 0.332 e. The van der Waals surface area contributed by atoms with Crippen LogP contribution < -0.4 is 5.32 Å². The molecule has 136 valence electrons. The molecule has 3 rings (SSSR count). The Morgan fingerprint density at radius 2 is 2.00 bits per heavy atom. The van der Waals surface area contributed by atoms with Gasteiger partial charge < -0.3 is 14.4 Å². The fraction of sp³-hybridized carbons (Fsp3) is 0.350. The Kier molecular flexibility index (Phi) is 4.93. The number of aromatic nitrogens is 3. The molecule has 1 N–H and O–H groups in total. The standard InChI is InChI=1S/C20H24N4O2/c1-12(2)19-22-20(26-23-19)18-14(4)10-15(5)24(18)11-17(25)21-16-8-6-7-13(3)9-16/h6-10,12H,11H2,1-5H3,(H,21,25). The quantitative estimate of drug-likeness (QED) is 0.746. The molecule has 0 radical (unpaired) electrons. The van der Waals surface area contributed by atoms with Crippen molar-refractivity contribution in [2.24, 2.45) is 0 Å². The second-order valence-electron chi connectivity index (χ2n) is 6.93. The maximum atomic E-state index is 12.6. The summed E-state index contributed by atoms with van der Waals surface area (Å²) in [6.07, 6.45) is 0. The minimum atomic E-state index is -0.0980. The van der Waals surface area contributed by atoms with E-state index in [9.17, 15) is 4.79 Å². The Morgan fingerprint density at radius 3 is 2.65 bits per heavy atom. The number of rotatable bonds is 5. The van der Waals surface area contributed by atoms with E-state index in [1.807, 2.05) is 69.5 Å². The molecule has 26 heavy (non-hydrogen) atoms. The Hall–Kier alpha value is -2.89. The van der Waals surface area contributed by atoms with Crippen LogP contribution in [0, 0.1) is 20.8 Å². The summed E-state index contributed by atoms with van der Waals surface area (Å²) in [5.41, 5.74) is 4.66. The molecular weight excluding hydrogens is 328 g/mol. The number of hydrogen-bond donors (Lipinski definition) is 1. The predicted molar refractivity (Wildman–Crippen MR) is 101 cm³/mol. The van der Waals surface area contributed by atoms with Gasteiger partial charge in [0.25, 0.3) is 5.89 Å². The topological polar surface area (TPSA) is 73.0 Å². The summed E-state index contributed by atoms with van der Waals surface area (Å²) in [4.78, 5) is 17.0. The van der Waals surface area contributed by atoms with Gasteiger partial charge in [0.05, 0.1) is 0 Å². The van der Waals surface area contributed by atoms with Crippen LogP contribution in [0.5, 0.6) is 0 Å². The van der Waals surface area contributed by atoms with Crippen molar-refractivity contribution in [3.05, 3.63) is 53.0 Å². The van der Waals surface area contributed by atoms with Crippen LogP contribution in [0.15, 0.2) is 34.9 Å². The van der Waals surface area contributed by atoms with Crippen LogP contribution >= 0.6 is 0 Å². The van der Waals surface area contributed by atoms with E-state index < -0.39 is 0 Å². The lowest BCUT2D eigenvalue weighted by Crippen LogP contribution is -2.20. The Balaban J connectivity index is 1.86. The van der Waals surface area contributed by atoms with E-state index in [0.717, 1.165) is 28.2 Å². The van der Waals surface area contributed by atoms with Gasteiger partial charge in [-0.15, -0.1) is 0 Å². The van der Waals surface area contributed by atoms with Crippen molar-refractivity contribution in [3.63, 3.8) is 0 Å². The van der Waals surface area contributed by atoms with Crippen molar-refractivity contribution in [1.29, 1.82) is 0 Å². The van der Waals surface area contributed by atoms with Crippen LogP contribution in [-0.2, 0) is 11.3 Å². The highest BCUT2D eigenvalue weighted by molar-refractivity contribution is 5.91. The Bertz CT molecular complexity index is 937. The average Bonchev–Trinajstić information content (AvgIpc) is 3.13. The number of carbonyl (C=O) groups is 1. The molecule has 0 unspecified atom stereocenters. The molecule has 0 aliphatic heterocycles. The summed E-state index contributed by atoms with van der Waals surface area (Å²) in [5, 5.41) is 6.98. The molecular formula is C20H24N4O2. The molecule has 1 amide bonds. The van der Waals surface area contributed by atoms with Crippen LogP contribution in [-0.4, -0.2) is 20.6 Å². The summed E-state index contributed by atoms with van der Waals surface area (Å²) in [6, 6.07) is 9.77. The fourth-order valence-electron chi connectivity index (χ4n) is 2.97. The highest BCUT2D eigenvalue weighted by Crippen LogP contribution is 2.27. The van der Waals surface area contributed by atoms with Crippen molar-refractivity contribution < 1.29 is 9.32 Å². The highest BCUT2D eigenvalue weighted by atomic mass is 16.5. The maximum Gasteiger partial charge on any atom is 0.274 e. The number of nitrogens with one attached hydrogen (secondary N) is 1. The smallest absolute Gasteiger partial charge is 0.274 e. The van der Waals surface area contributed by atoms with Crippen LogP contribution in [0.3, 0.4) is 0 Å². The number of nitrogens with zero attached hydrogens (tertiary/aromatic N) is 3.